The third kappa shape index (κ3) is 5.53. The fraction of sp³-hybridized carbons (Fsp3) is 0.250. The lowest BCUT2D eigenvalue weighted by molar-refractivity contribution is 0.0198. The Labute approximate surface area is 231 Å². The minimum atomic E-state index is -1.37. The van der Waals surface area contributed by atoms with Crippen LogP contribution in [0.4, 0.5) is 10.1 Å². The topological polar surface area (TPSA) is 101 Å². The van der Waals surface area contributed by atoms with Gasteiger partial charge in [0.15, 0.2) is 0 Å². The van der Waals surface area contributed by atoms with Crippen LogP contribution in [0.3, 0.4) is 0 Å². The predicted octanol–water partition coefficient (Wildman–Crippen LogP) is 6.16. The smallest absolute Gasteiger partial charge is 0.255 e. The first-order chi connectivity index (χ1) is 18.8. The molecule has 3 unspecified atom stereocenters. The van der Waals surface area contributed by atoms with E-state index < -0.39 is 11.0 Å². The van der Waals surface area contributed by atoms with E-state index in [1.165, 1.54) is 12.1 Å². The molecule has 0 aliphatic carbocycles. The minimum Gasteiger partial charge on any atom is -0.457 e. The maximum absolute atomic E-state index is 13.2. The molecule has 1 aliphatic rings. The number of nitrogens with zero attached hydrogens (tertiary/aromatic N) is 1. The molecule has 0 saturated carbocycles. The molecule has 3 atom stereocenters. The maximum atomic E-state index is 13.2. The van der Waals surface area contributed by atoms with Crippen molar-refractivity contribution < 1.29 is 31.8 Å². The van der Waals surface area contributed by atoms with Crippen molar-refractivity contribution in [1.82, 2.24) is 5.32 Å². The van der Waals surface area contributed by atoms with Crippen LogP contribution < -0.4 is 14.4 Å². The number of ether oxygens (including phenoxy) is 2. The van der Waals surface area contributed by atoms with Gasteiger partial charge in [-0.3, -0.25) is 9.10 Å². The number of hydrogen-bond acceptors (Lipinski definition) is 7. The van der Waals surface area contributed by atoms with E-state index in [1.54, 1.807) is 60.1 Å². The van der Waals surface area contributed by atoms with Gasteiger partial charge in [0.05, 0.1) is 30.0 Å². The number of fused-ring (bicyclic) bond motifs is 2. The molecular formula is C28H27FN2O6S2. The number of benzene rings is 3. The third-order valence-electron chi connectivity index (χ3n) is 6.50. The van der Waals surface area contributed by atoms with Gasteiger partial charge in [-0.1, -0.05) is 0 Å². The van der Waals surface area contributed by atoms with E-state index in [9.17, 15) is 17.9 Å². The average molecular weight is 571 g/mol. The highest BCUT2D eigenvalue weighted by Crippen LogP contribution is 2.42. The van der Waals surface area contributed by atoms with Crippen molar-refractivity contribution in [2.45, 2.75) is 19.1 Å². The Morgan fingerprint density at radius 3 is 2.46 bits per heavy atom. The van der Waals surface area contributed by atoms with Gasteiger partial charge in [-0.05, 0) is 73.6 Å². The van der Waals surface area contributed by atoms with Crippen LogP contribution in [0.15, 0.2) is 65.1 Å². The normalized spacial score (nSPS) is 17.9. The lowest BCUT2D eigenvalue weighted by Crippen LogP contribution is -2.34. The molecule has 2 heterocycles. The van der Waals surface area contributed by atoms with Crippen LogP contribution in [-0.4, -0.2) is 46.4 Å². The first kappa shape index (κ1) is 27.2. The van der Waals surface area contributed by atoms with E-state index in [4.69, 9.17) is 13.9 Å². The monoisotopic (exact) mass is 570 g/mol. The van der Waals surface area contributed by atoms with Crippen molar-refractivity contribution in [3.63, 3.8) is 0 Å². The fourth-order valence-corrected chi connectivity index (χ4v) is 5.83. The SMILES string of the molecule is CNC(=O)c1c(-c2ccc(Oc3ccc(F)cc3)cc2)oc2cc3c(cc12)C(C)OC(CSO)CN3S(C)=O. The fourth-order valence-electron chi connectivity index (χ4n) is 4.66. The van der Waals surface area contributed by atoms with Gasteiger partial charge >= 0.3 is 0 Å². The molecule has 1 aliphatic heterocycles. The van der Waals surface area contributed by atoms with Crippen molar-refractivity contribution in [2.75, 3.05) is 29.9 Å². The van der Waals surface area contributed by atoms with E-state index >= 15 is 0 Å². The number of hydrogen-bond donors (Lipinski definition) is 2. The van der Waals surface area contributed by atoms with Crippen LogP contribution in [-0.2, 0) is 15.7 Å². The predicted molar refractivity (Wildman–Crippen MR) is 151 cm³/mol. The molecular weight excluding hydrogens is 543 g/mol. The Hall–Kier alpha value is -3.38. The van der Waals surface area contributed by atoms with Gasteiger partial charge in [0.25, 0.3) is 5.91 Å². The lowest BCUT2D eigenvalue weighted by Gasteiger charge is -2.23. The summed E-state index contributed by atoms with van der Waals surface area (Å²) < 4.78 is 55.3. The Balaban J connectivity index is 1.58. The minimum absolute atomic E-state index is 0.317. The Morgan fingerprint density at radius 2 is 1.85 bits per heavy atom. The van der Waals surface area contributed by atoms with Crippen molar-refractivity contribution in [3.05, 3.63) is 77.6 Å². The van der Waals surface area contributed by atoms with E-state index in [0.717, 1.165) is 5.56 Å². The molecule has 0 saturated heterocycles. The van der Waals surface area contributed by atoms with E-state index in [0.29, 0.717) is 69.4 Å². The highest BCUT2D eigenvalue weighted by molar-refractivity contribution is 7.93. The molecule has 5 rings (SSSR count). The lowest BCUT2D eigenvalue weighted by atomic mass is 10.0. The number of rotatable bonds is 7. The summed E-state index contributed by atoms with van der Waals surface area (Å²) in [4.78, 5) is 13.1. The van der Waals surface area contributed by atoms with Crippen LogP contribution in [0.5, 0.6) is 11.5 Å². The average Bonchev–Trinajstić information content (AvgIpc) is 3.24. The molecule has 0 fully saturated rings. The van der Waals surface area contributed by atoms with E-state index in [-0.39, 0.29) is 23.9 Å². The van der Waals surface area contributed by atoms with Gasteiger partial charge < -0.3 is 23.8 Å². The van der Waals surface area contributed by atoms with Gasteiger partial charge in [-0.2, -0.15) is 0 Å². The Morgan fingerprint density at radius 1 is 1.18 bits per heavy atom. The number of carbonyl (C=O) groups is 1. The second-order valence-electron chi connectivity index (χ2n) is 9.05. The number of nitrogens with one attached hydrogen (secondary N) is 1. The third-order valence-corrected chi connectivity index (χ3v) is 7.99. The summed E-state index contributed by atoms with van der Waals surface area (Å²) >= 11 is 0.681. The molecule has 1 amide bonds. The molecule has 8 nitrogen and oxygen atoms in total. The van der Waals surface area contributed by atoms with Crippen LogP contribution in [0.25, 0.3) is 22.3 Å². The van der Waals surface area contributed by atoms with Crippen molar-refractivity contribution in [3.8, 4) is 22.8 Å². The number of amides is 1. The second-order valence-corrected chi connectivity index (χ2v) is 10.9. The van der Waals surface area contributed by atoms with Crippen LogP contribution in [0.2, 0.25) is 0 Å². The maximum Gasteiger partial charge on any atom is 0.255 e. The summed E-state index contributed by atoms with van der Waals surface area (Å²) in [5, 5.41) is 3.30. The van der Waals surface area contributed by atoms with Gasteiger partial charge in [-0.15, -0.1) is 0 Å². The number of anilines is 1. The van der Waals surface area contributed by atoms with Crippen LogP contribution in [0.1, 0.15) is 28.9 Å². The van der Waals surface area contributed by atoms with Crippen molar-refractivity contribution >= 4 is 45.6 Å². The molecule has 11 heteroatoms. The quantitative estimate of drug-likeness (QED) is 0.257. The number of carbonyl (C=O) groups excluding carboxylic acids is 1. The molecule has 0 spiro atoms. The summed E-state index contributed by atoms with van der Waals surface area (Å²) in [5.74, 6) is 1.08. The van der Waals surface area contributed by atoms with Gasteiger partial charge in [0.1, 0.15) is 39.6 Å². The summed E-state index contributed by atoms with van der Waals surface area (Å²) in [6, 6.07) is 16.4. The molecule has 2 N–H and O–H groups in total. The largest absolute Gasteiger partial charge is 0.457 e. The van der Waals surface area contributed by atoms with Crippen LogP contribution >= 0.6 is 12.0 Å². The number of furan rings is 1. The summed E-state index contributed by atoms with van der Waals surface area (Å²) in [6.07, 6.45) is 0.864. The first-order valence-corrected chi connectivity index (χ1v) is 14.6. The molecule has 39 heavy (non-hydrogen) atoms. The highest BCUT2D eigenvalue weighted by Gasteiger charge is 2.31. The molecule has 1 aromatic heterocycles. The van der Waals surface area contributed by atoms with E-state index in [2.05, 4.69) is 5.32 Å². The molecule has 0 bridgehead atoms. The zero-order valence-corrected chi connectivity index (χ0v) is 23.1. The zero-order chi connectivity index (χ0) is 27.7. The molecule has 3 aromatic carbocycles. The first-order valence-electron chi connectivity index (χ1n) is 12.2. The summed E-state index contributed by atoms with van der Waals surface area (Å²) in [7, 11) is 0.189. The Kier molecular flexibility index (Phi) is 7.94. The van der Waals surface area contributed by atoms with Gasteiger partial charge in [0, 0.05) is 41.6 Å². The zero-order valence-electron chi connectivity index (χ0n) is 21.5. The molecule has 0 radical (unpaired) electrons. The molecule has 204 valence electrons. The Bertz CT molecular complexity index is 1520. The highest BCUT2D eigenvalue weighted by atomic mass is 32.2. The number of halogens is 1. The van der Waals surface area contributed by atoms with Crippen molar-refractivity contribution in [2.24, 2.45) is 0 Å². The van der Waals surface area contributed by atoms with Gasteiger partial charge in [0.2, 0.25) is 0 Å². The summed E-state index contributed by atoms with van der Waals surface area (Å²) in [5.41, 5.74) is 2.95. The van der Waals surface area contributed by atoms with E-state index in [1.807, 2.05) is 13.0 Å². The summed E-state index contributed by atoms with van der Waals surface area (Å²) in [6.45, 7) is 2.22. The standard InChI is InChI=1S/C28H27FN2O6S2/c1-16-22-12-23-25(13-24(22)31(39(3)34)14-21(35-16)15-38-33)37-27(26(23)28(32)30-2)17-4-8-19(9-5-17)36-20-10-6-18(29)7-11-20/h4-13,16,21,33H,14-15H2,1-3H3,(H,30,32). The molecule has 4 aromatic rings. The van der Waals surface area contributed by atoms with Gasteiger partial charge in [-0.25, -0.2) is 8.60 Å². The van der Waals surface area contributed by atoms with Crippen molar-refractivity contribution in [1.29, 1.82) is 0 Å². The second kappa shape index (κ2) is 11.4. The van der Waals surface area contributed by atoms with Crippen LogP contribution in [0, 0.1) is 5.82 Å².